The number of carbonyl (C=O) groups is 2. The molecule has 1 aliphatic rings. The van der Waals surface area contributed by atoms with Gasteiger partial charge in [-0.25, -0.2) is 14.6 Å². The van der Waals surface area contributed by atoms with E-state index < -0.39 is 33.8 Å². The van der Waals surface area contributed by atoms with Crippen LogP contribution in [0.4, 0.5) is 0 Å². The molecule has 0 aliphatic carbocycles. The van der Waals surface area contributed by atoms with Gasteiger partial charge in [-0.3, -0.25) is 15.0 Å². The maximum absolute atomic E-state index is 12.4. The van der Waals surface area contributed by atoms with Crippen molar-refractivity contribution in [3.63, 3.8) is 0 Å². The van der Waals surface area contributed by atoms with E-state index in [-0.39, 0.29) is 30.4 Å². The second kappa shape index (κ2) is 10.8. The summed E-state index contributed by atoms with van der Waals surface area (Å²) < 4.78 is 15.7. The van der Waals surface area contributed by atoms with Gasteiger partial charge in [-0.1, -0.05) is 0 Å². The molecule has 0 saturated heterocycles. The highest BCUT2D eigenvalue weighted by molar-refractivity contribution is 7.99. The zero-order valence-corrected chi connectivity index (χ0v) is 18.6. The fourth-order valence-electron chi connectivity index (χ4n) is 2.71. The van der Waals surface area contributed by atoms with Crippen molar-refractivity contribution in [1.29, 1.82) is 0 Å². The van der Waals surface area contributed by atoms with Gasteiger partial charge in [0, 0.05) is 0 Å². The molecule has 2 rings (SSSR count). The molecule has 11 nitrogen and oxygen atoms in total. The molecule has 0 fully saturated rings. The van der Waals surface area contributed by atoms with Gasteiger partial charge in [0.1, 0.15) is 5.75 Å². The maximum Gasteiger partial charge on any atom is 0.364 e. The van der Waals surface area contributed by atoms with E-state index in [1.54, 1.807) is 39.2 Å². The third kappa shape index (κ3) is 5.52. The molecule has 1 aromatic rings. The summed E-state index contributed by atoms with van der Waals surface area (Å²) in [6, 6.07) is 4.55. The molecule has 0 amide bonds. The Morgan fingerprint density at radius 3 is 2.39 bits per heavy atom. The highest BCUT2D eigenvalue weighted by atomic mass is 32.2. The first kappa shape index (κ1) is 24.2. The van der Waals surface area contributed by atoms with Crippen LogP contribution in [-0.2, 0) is 19.1 Å². The van der Waals surface area contributed by atoms with Crippen LogP contribution < -0.4 is 4.74 Å². The highest BCUT2D eigenvalue weighted by Gasteiger charge is 2.44. The number of aliphatic imine (C=N–C) groups is 1. The minimum absolute atomic E-state index is 0.0117. The molecule has 0 bridgehead atoms. The minimum atomic E-state index is -0.957. The predicted octanol–water partition coefficient (Wildman–Crippen LogP) is 2.52. The average molecular weight is 453 g/mol. The lowest BCUT2D eigenvalue weighted by molar-refractivity contribution is -0.421. The van der Waals surface area contributed by atoms with Crippen LogP contribution in [0.15, 0.2) is 34.8 Å². The molecule has 12 heteroatoms. The number of hydrogen-bond donors (Lipinski definition) is 0. The Kier molecular flexibility index (Phi) is 8.39. The lowest BCUT2D eigenvalue weighted by atomic mass is 10.1. The Labute approximate surface area is 183 Å². The van der Waals surface area contributed by atoms with Crippen molar-refractivity contribution in [1.82, 2.24) is 5.06 Å². The van der Waals surface area contributed by atoms with Gasteiger partial charge in [-0.05, 0) is 50.8 Å². The van der Waals surface area contributed by atoms with Crippen molar-refractivity contribution in [2.75, 3.05) is 26.6 Å². The van der Waals surface area contributed by atoms with Crippen molar-refractivity contribution in [2.45, 2.75) is 26.3 Å². The molecule has 0 radical (unpaired) electrons. The van der Waals surface area contributed by atoms with E-state index in [4.69, 9.17) is 19.0 Å². The lowest BCUT2D eigenvalue weighted by Gasteiger charge is -2.31. The topological polar surface area (TPSA) is 130 Å². The first-order valence-electron chi connectivity index (χ1n) is 9.24. The van der Waals surface area contributed by atoms with E-state index in [1.807, 2.05) is 0 Å². The van der Waals surface area contributed by atoms with Crippen LogP contribution in [0.2, 0.25) is 0 Å². The third-order valence-corrected chi connectivity index (χ3v) is 4.62. The number of rotatable bonds is 9. The summed E-state index contributed by atoms with van der Waals surface area (Å²) in [6.07, 6.45) is 1.68. The van der Waals surface area contributed by atoms with Crippen molar-refractivity contribution in [2.24, 2.45) is 4.99 Å². The smallest absolute Gasteiger partial charge is 0.364 e. The average Bonchev–Trinajstić information content (AvgIpc) is 2.72. The monoisotopic (exact) mass is 453 g/mol. The fourth-order valence-corrected chi connectivity index (χ4v) is 3.29. The molecule has 0 spiro atoms. The van der Waals surface area contributed by atoms with E-state index in [0.717, 1.165) is 16.8 Å². The van der Waals surface area contributed by atoms with Gasteiger partial charge in [-0.2, -0.15) is 5.06 Å². The first-order chi connectivity index (χ1) is 14.8. The van der Waals surface area contributed by atoms with Crippen LogP contribution in [0.3, 0.4) is 0 Å². The van der Waals surface area contributed by atoms with E-state index in [0.29, 0.717) is 5.56 Å². The Morgan fingerprint density at radius 1 is 1.19 bits per heavy atom. The number of benzene rings is 1. The van der Waals surface area contributed by atoms with Gasteiger partial charge in [0.2, 0.25) is 5.71 Å². The molecule has 1 unspecified atom stereocenters. The molecule has 1 aliphatic heterocycles. The quantitative estimate of drug-likeness (QED) is 0.312. The number of hydrogen-bond acceptors (Lipinski definition) is 11. The third-order valence-electron chi connectivity index (χ3n) is 3.90. The van der Waals surface area contributed by atoms with Crippen LogP contribution in [-0.4, -0.2) is 59.7 Å². The summed E-state index contributed by atoms with van der Waals surface area (Å²) in [7, 11) is 1.29. The lowest BCUT2D eigenvalue weighted by Crippen LogP contribution is -2.42. The van der Waals surface area contributed by atoms with Crippen molar-refractivity contribution >= 4 is 29.4 Å². The summed E-state index contributed by atoms with van der Waals surface area (Å²) in [4.78, 5) is 44.9. The molecule has 1 atom stereocenters. The van der Waals surface area contributed by atoms with Gasteiger partial charge in [0.15, 0.2) is 5.50 Å². The van der Waals surface area contributed by atoms with Crippen LogP contribution in [0.5, 0.6) is 5.75 Å². The molecule has 0 N–H and O–H groups in total. The molecule has 1 aromatic carbocycles. The molecule has 0 saturated carbocycles. The van der Waals surface area contributed by atoms with Crippen LogP contribution in [0, 0.1) is 17.0 Å². The van der Waals surface area contributed by atoms with E-state index in [1.165, 1.54) is 13.2 Å². The number of nitrogens with zero attached hydrogens (tertiary/aromatic N) is 3. The van der Waals surface area contributed by atoms with Crippen molar-refractivity contribution < 1.29 is 33.6 Å². The molecule has 0 aromatic heterocycles. The number of carbonyl (C=O) groups excluding carboxylic acids is 2. The second-order valence-corrected chi connectivity index (χ2v) is 6.93. The van der Waals surface area contributed by atoms with Gasteiger partial charge < -0.3 is 14.2 Å². The Balaban J connectivity index is 2.61. The number of thioether (sulfide) groups is 1. The van der Waals surface area contributed by atoms with Crippen molar-refractivity contribution in [3.05, 3.63) is 51.0 Å². The Morgan fingerprint density at radius 2 is 1.84 bits per heavy atom. The highest BCUT2D eigenvalue weighted by Crippen LogP contribution is 2.31. The fraction of sp³-hybridized carbons (Fsp3) is 0.421. The van der Waals surface area contributed by atoms with Crippen LogP contribution in [0.1, 0.15) is 29.8 Å². The summed E-state index contributed by atoms with van der Waals surface area (Å²) in [5, 5.41) is 12.9. The number of esters is 2. The van der Waals surface area contributed by atoms with Gasteiger partial charge in [-0.15, -0.1) is 11.8 Å². The number of nitro groups is 1. The van der Waals surface area contributed by atoms with E-state index >= 15 is 0 Å². The summed E-state index contributed by atoms with van der Waals surface area (Å²) in [5.74, 6) is -1.78. The molecule has 1 heterocycles. The van der Waals surface area contributed by atoms with Crippen LogP contribution >= 0.6 is 11.8 Å². The summed E-state index contributed by atoms with van der Waals surface area (Å²) in [5.41, 5.74) is -1.19. The Bertz CT molecular complexity index is 931. The van der Waals surface area contributed by atoms with Gasteiger partial charge >= 0.3 is 23.5 Å². The van der Waals surface area contributed by atoms with E-state index in [2.05, 4.69) is 4.99 Å². The maximum atomic E-state index is 12.4. The van der Waals surface area contributed by atoms with Crippen molar-refractivity contribution in [3.8, 4) is 5.75 Å². The first-order valence-corrected chi connectivity index (χ1v) is 10.5. The van der Waals surface area contributed by atoms with Crippen LogP contribution in [0.25, 0.3) is 0 Å². The largest absolute Gasteiger partial charge is 0.462 e. The Hall–Kier alpha value is -3.12. The van der Waals surface area contributed by atoms with Gasteiger partial charge in [0.05, 0.1) is 30.8 Å². The summed E-state index contributed by atoms with van der Waals surface area (Å²) in [6.45, 7) is 5.18. The minimum Gasteiger partial charge on any atom is -0.462 e. The normalized spacial score (nSPS) is 16.0. The molecular weight excluding hydrogens is 430 g/mol. The van der Waals surface area contributed by atoms with Gasteiger partial charge in [0.25, 0.3) is 0 Å². The predicted molar refractivity (Wildman–Crippen MR) is 112 cm³/mol. The molecule has 168 valence electrons. The standard InChI is InChI=1S/C19H23N3O8S/c1-6-28-17(23)12-8-11(3)9-13(10-12)30-16-15(22(25)26)14(18(24)29-7-2)20-19(31-5)21(16)27-4/h8-10,19H,6-7H2,1-5H3. The number of ether oxygens (including phenoxy) is 3. The summed E-state index contributed by atoms with van der Waals surface area (Å²) >= 11 is 1.16. The molecular formula is C19H23N3O8S. The van der Waals surface area contributed by atoms with E-state index in [9.17, 15) is 19.7 Å². The number of hydroxylamine groups is 2. The zero-order valence-electron chi connectivity index (χ0n) is 17.7. The number of aryl methyl sites for hydroxylation is 1. The second-order valence-electron chi connectivity index (χ2n) is 6.04. The SMILES string of the molecule is CCOC(=O)C1=NC(SC)N(OC)C(Oc2cc(C)cc(C(=O)OCC)c2)=C1[N+](=O)[O-]. The zero-order chi connectivity index (χ0) is 23.1. The molecule has 31 heavy (non-hydrogen) atoms.